The quantitative estimate of drug-likeness (QED) is 0.702. The van der Waals surface area contributed by atoms with Gasteiger partial charge in [-0.3, -0.25) is 0 Å². The van der Waals surface area contributed by atoms with Gasteiger partial charge in [-0.2, -0.15) is 0 Å². The zero-order chi connectivity index (χ0) is 13.8. The summed E-state index contributed by atoms with van der Waals surface area (Å²) in [6, 6.07) is 10.1. The van der Waals surface area contributed by atoms with Crippen LogP contribution < -0.4 is 5.32 Å². The summed E-state index contributed by atoms with van der Waals surface area (Å²) in [6.07, 6.45) is 0.907. The standard InChI is InChI=1S/C14H14BrCl2NS/c1-2-18-13(8-10-4-6-14(17)19-10)11-7-9(16)3-5-12(11)15/h3-7,13,18H,2,8H2,1H3. The SMILES string of the molecule is CCNC(Cc1ccc(Cl)s1)c1cc(Cl)ccc1Br. The first kappa shape index (κ1) is 15.3. The summed E-state index contributed by atoms with van der Waals surface area (Å²) < 4.78 is 1.90. The van der Waals surface area contributed by atoms with Crippen LogP contribution in [-0.4, -0.2) is 6.54 Å². The van der Waals surface area contributed by atoms with E-state index < -0.39 is 0 Å². The highest BCUT2D eigenvalue weighted by molar-refractivity contribution is 9.10. The minimum Gasteiger partial charge on any atom is -0.310 e. The summed E-state index contributed by atoms with van der Waals surface area (Å²) in [5, 5.41) is 4.25. The number of hydrogen-bond donors (Lipinski definition) is 1. The number of likely N-dealkylation sites (N-methyl/N-ethyl adjacent to an activating group) is 1. The fraction of sp³-hybridized carbons (Fsp3) is 0.286. The van der Waals surface area contributed by atoms with Crippen molar-refractivity contribution in [2.45, 2.75) is 19.4 Å². The zero-order valence-electron chi connectivity index (χ0n) is 10.4. The third kappa shape index (κ3) is 4.20. The Morgan fingerprint density at radius 2 is 2.05 bits per heavy atom. The predicted octanol–water partition coefficient (Wildman–Crippen LogP) is 5.71. The molecule has 19 heavy (non-hydrogen) atoms. The smallest absolute Gasteiger partial charge is 0.0931 e. The fourth-order valence-electron chi connectivity index (χ4n) is 1.98. The normalized spacial score (nSPS) is 12.6. The lowest BCUT2D eigenvalue weighted by Crippen LogP contribution is -2.23. The maximum atomic E-state index is 6.10. The van der Waals surface area contributed by atoms with Crippen LogP contribution in [0.4, 0.5) is 0 Å². The maximum absolute atomic E-state index is 6.10. The van der Waals surface area contributed by atoms with Crippen LogP contribution in [-0.2, 0) is 6.42 Å². The Morgan fingerprint density at radius 3 is 2.68 bits per heavy atom. The van der Waals surface area contributed by atoms with Crippen molar-refractivity contribution in [1.82, 2.24) is 5.32 Å². The molecule has 0 spiro atoms. The van der Waals surface area contributed by atoms with E-state index in [1.807, 2.05) is 24.3 Å². The van der Waals surface area contributed by atoms with Crippen LogP contribution in [0.2, 0.25) is 9.36 Å². The Balaban J connectivity index is 2.26. The predicted molar refractivity (Wildman–Crippen MR) is 88.6 cm³/mol. The Morgan fingerprint density at radius 1 is 1.26 bits per heavy atom. The molecule has 2 aromatic rings. The number of benzene rings is 1. The molecule has 2 rings (SSSR count). The Bertz CT molecular complexity index is 556. The van der Waals surface area contributed by atoms with E-state index in [1.165, 1.54) is 10.4 Å². The topological polar surface area (TPSA) is 12.0 Å². The lowest BCUT2D eigenvalue weighted by atomic mass is 10.0. The van der Waals surface area contributed by atoms with Gasteiger partial charge in [0.2, 0.25) is 0 Å². The second kappa shape index (κ2) is 7.09. The second-order valence-corrected chi connectivity index (χ2v) is 7.28. The third-order valence-electron chi connectivity index (χ3n) is 2.82. The summed E-state index contributed by atoms with van der Waals surface area (Å²) in [5.41, 5.74) is 1.18. The number of thiophene rings is 1. The Hall–Kier alpha value is -0.0600. The lowest BCUT2D eigenvalue weighted by molar-refractivity contribution is 0.551. The van der Waals surface area contributed by atoms with Gasteiger partial charge in [-0.15, -0.1) is 11.3 Å². The van der Waals surface area contributed by atoms with Gasteiger partial charge in [0.25, 0.3) is 0 Å². The maximum Gasteiger partial charge on any atom is 0.0931 e. The molecule has 0 bridgehead atoms. The van der Waals surface area contributed by atoms with E-state index in [9.17, 15) is 0 Å². The molecule has 1 aromatic heterocycles. The molecule has 5 heteroatoms. The van der Waals surface area contributed by atoms with Crippen molar-refractivity contribution in [2.75, 3.05) is 6.54 Å². The van der Waals surface area contributed by atoms with Crippen molar-refractivity contribution in [3.8, 4) is 0 Å². The van der Waals surface area contributed by atoms with Crippen molar-refractivity contribution < 1.29 is 0 Å². The van der Waals surface area contributed by atoms with E-state index in [0.717, 1.165) is 26.8 Å². The summed E-state index contributed by atoms with van der Waals surface area (Å²) in [7, 11) is 0. The Kier molecular flexibility index (Phi) is 5.72. The average molecular weight is 379 g/mol. The van der Waals surface area contributed by atoms with Crippen molar-refractivity contribution >= 4 is 50.5 Å². The van der Waals surface area contributed by atoms with Crippen molar-refractivity contribution in [3.63, 3.8) is 0 Å². The minimum absolute atomic E-state index is 0.229. The van der Waals surface area contributed by atoms with E-state index in [0.29, 0.717) is 0 Å². The van der Waals surface area contributed by atoms with Crippen LogP contribution >= 0.6 is 50.5 Å². The van der Waals surface area contributed by atoms with E-state index >= 15 is 0 Å². The molecule has 0 amide bonds. The molecule has 0 aliphatic carbocycles. The van der Waals surface area contributed by atoms with E-state index in [2.05, 4.69) is 34.2 Å². The van der Waals surface area contributed by atoms with Gasteiger partial charge in [-0.1, -0.05) is 46.1 Å². The first-order chi connectivity index (χ1) is 9.10. The van der Waals surface area contributed by atoms with Crippen molar-refractivity contribution in [3.05, 3.63) is 54.6 Å². The molecule has 0 fully saturated rings. The number of hydrogen-bond acceptors (Lipinski definition) is 2. The lowest BCUT2D eigenvalue weighted by Gasteiger charge is -2.19. The molecule has 1 N–H and O–H groups in total. The molecule has 1 unspecified atom stereocenters. The summed E-state index contributed by atoms with van der Waals surface area (Å²) in [6.45, 7) is 3.01. The van der Waals surface area contributed by atoms with Gasteiger partial charge in [0.15, 0.2) is 0 Å². The first-order valence-electron chi connectivity index (χ1n) is 6.02. The van der Waals surface area contributed by atoms with Crippen LogP contribution in [0.25, 0.3) is 0 Å². The highest BCUT2D eigenvalue weighted by Crippen LogP contribution is 2.31. The van der Waals surface area contributed by atoms with Gasteiger partial charge >= 0.3 is 0 Å². The summed E-state index contributed by atoms with van der Waals surface area (Å²) in [5.74, 6) is 0. The van der Waals surface area contributed by atoms with Gasteiger partial charge in [0, 0.05) is 26.8 Å². The highest BCUT2D eigenvalue weighted by Gasteiger charge is 2.15. The average Bonchev–Trinajstić information content (AvgIpc) is 2.77. The molecule has 0 radical (unpaired) electrons. The molecular formula is C14H14BrCl2NS. The van der Waals surface area contributed by atoms with Crippen LogP contribution in [0.3, 0.4) is 0 Å². The molecule has 1 nitrogen and oxygen atoms in total. The molecule has 0 saturated heterocycles. The van der Waals surface area contributed by atoms with Gasteiger partial charge < -0.3 is 5.32 Å². The molecule has 102 valence electrons. The fourth-order valence-corrected chi connectivity index (χ4v) is 3.82. The molecule has 0 aliphatic heterocycles. The van der Waals surface area contributed by atoms with Crippen molar-refractivity contribution in [1.29, 1.82) is 0 Å². The molecule has 0 aliphatic rings. The monoisotopic (exact) mass is 377 g/mol. The van der Waals surface area contributed by atoms with Gasteiger partial charge in [-0.05, 0) is 42.4 Å². The van der Waals surface area contributed by atoms with Crippen LogP contribution in [0, 0.1) is 0 Å². The number of rotatable bonds is 5. The minimum atomic E-state index is 0.229. The zero-order valence-corrected chi connectivity index (χ0v) is 14.3. The Labute approximate surface area is 136 Å². The molecule has 0 saturated carbocycles. The van der Waals surface area contributed by atoms with Crippen molar-refractivity contribution in [2.24, 2.45) is 0 Å². The molecular weight excluding hydrogens is 365 g/mol. The largest absolute Gasteiger partial charge is 0.310 e. The molecule has 1 atom stereocenters. The third-order valence-corrected chi connectivity index (χ3v) is 5.03. The van der Waals surface area contributed by atoms with E-state index in [-0.39, 0.29) is 6.04 Å². The highest BCUT2D eigenvalue weighted by atomic mass is 79.9. The molecule has 1 aromatic carbocycles. The summed E-state index contributed by atoms with van der Waals surface area (Å²) >= 11 is 17.3. The summed E-state index contributed by atoms with van der Waals surface area (Å²) in [4.78, 5) is 1.27. The second-order valence-electron chi connectivity index (χ2n) is 4.19. The van der Waals surface area contributed by atoms with Crippen LogP contribution in [0.1, 0.15) is 23.4 Å². The van der Waals surface area contributed by atoms with E-state index in [4.69, 9.17) is 23.2 Å². The number of halogens is 3. The molecule has 1 heterocycles. The van der Waals surface area contributed by atoms with Crippen LogP contribution in [0.5, 0.6) is 0 Å². The van der Waals surface area contributed by atoms with E-state index in [1.54, 1.807) is 11.3 Å². The van der Waals surface area contributed by atoms with Gasteiger partial charge in [0.05, 0.1) is 4.34 Å². The first-order valence-corrected chi connectivity index (χ1v) is 8.39. The van der Waals surface area contributed by atoms with Gasteiger partial charge in [-0.25, -0.2) is 0 Å². The van der Waals surface area contributed by atoms with Gasteiger partial charge in [0.1, 0.15) is 0 Å². The number of nitrogens with one attached hydrogen (secondary N) is 1. The van der Waals surface area contributed by atoms with Crippen LogP contribution in [0.15, 0.2) is 34.8 Å².